The summed E-state index contributed by atoms with van der Waals surface area (Å²) in [5.74, 6) is 0.734. The summed E-state index contributed by atoms with van der Waals surface area (Å²) in [6.45, 7) is 0. The molecule has 4 heteroatoms. The van der Waals surface area contributed by atoms with E-state index in [0.717, 1.165) is 61.4 Å². The number of para-hydroxylation sites is 2. The molecule has 0 unspecified atom stereocenters. The largest absolute Gasteiger partial charge is 0.455 e. The average Bonchev–Trinajstić information content (AvgIpc) is 3.57. The maximum Gasteiger partial charge on any atom is 0.160 e. The van der Waals surface area contributed by atoms with E-state index in [0.29, 0.717) is 0 Å². The maximum atomic E-state index is 6.39. The number of aromatic nitrogens is 2. The van der Waals surface area contributed by atoms with Crippen molar-refractivity contribution >= 4 is 42.7 Å². The van der Waals surface area contributed by atoms with E-state index >= 15 is 0 Å². The maximum absolute atomic E-state index is 6.39. The highest BCUT2D eigenvalue weighted by atomic mass is 32.3. The summed E-state index contributed by atoms with van der Waals surface area (Å²) in [7, 11) is -1.39. The zero-order valence-electron chi connectivity index (χ0n) is 24.4. The summed E-state index contributed by atoms with van der Waals surface area (Å²) >= 11 is 0. The quantitative estimate of drug-likeness (QED) is 0.207. The van der Waals surface area contributed by atoms with E-state index < -0.39 is 10.0 Å². The monoisotopic (exact) mass is 584 g/mol. The van der Waals surface area contributed by atoms with Crippen molar-refractivity contribution in [3.8, 4) is 45.0 Å². The first-order chi connectivity index (χ1) is 21.6. The normalized spacial score (nSPS) is 14.1. The SMILES string of the molecule is CS1(C)c2c(-c3ccccc3)nc(-c3cccc(-c4cccc5c4oc4ccccc45)c3)nc2-c2ccc3ccccc3c21. The van der Waals surface area contributed by atoms with Crippen LogP contribution >= 0.6 is 10.0 Å². The molecule has 0 saturated carbocycles. The molecule has 0 amide bonds. The zero-order chi connectivity index (χ0) is 29.4. The van der Waals surface area contributed by atoms with Crippen LogP contribution in [0.1, 0.15) is 0 Å². The van der Waals surface area contributed by atoms with Crippen molar-refractivity contribution in [1.82, 2.24) is 9.97 Å². The number of hydrogen-bond acceptors (Lipinski definition) is 3. The van der Waals surface area contributed by atoms with Crippen molar-refractivity contribution in [1.29, 1.82) is 0 Å². The van der Waals surface area contributed by atoms with Gasteiger partial charge in [0.25, 0.3) is 0 Å². The molecule has 0 bridgehead atoms. The topological polar surface area (TPSA) is 38.9 Å². The minimum Gasteiger partial charge on any atom is -0.455 e. The van der Waals surface area contributed by atoms with Crippen molar-refractivity contribution in [2.45, 2.75) is 9.79 Å². The Morgan fingerprint density at radius 3 is 2.07 bits per heavy atom. The van der Waals surface area contributed by atoms with Gasteiger partial charge in [0.1, 0.15) is 11.2 Å². The van der Waals surface area contributed by atoms with Gasteiger partial charge < -0.3 is 4.42 Å². The molecule has 0 fully saturated rings. The van der Waals surface area contributed by atoms with Gasteiger partial charge in [-0.25, -0.2) is 9.97 Å². The first kappa shape index (κ1) is 25.3. The molecular weight excluding hydrogens is 557 g/mol. The van der Waals surface area contributed by atoms with Gasteiger partial charge in [-0.1, -0.05) is 121 Å². The van der Waals surface area contributed by atoms with E-state index in [2.05, 4.69) is 134 Å². The smallest absolute Gasteiger partial charge is 0.160 e. The lowest BCUT2D eigenvalue weighted by Crippen LogP contribution is -2.02. The van der Waals surface area contributed by atoms with Crippen LogP contribution in [0.15, 0.2) is 148 Å². The molecule has 44 heavy (non-hydrogen) atoms. The fourth-order valence-corrected chi connectivity index (χ4v) is 9.86. The Bertz CT molecular complexity index is 2420. The van der Waals surface area contributed by atoms with Gasteiger partial charge in [-0.05, 0) is 41.0 Å². The predicted octanol–water partition coefficient (Wildman–Crippen LogP) is 11.0. The van der Waals surface area contributed by atoms with Crippen molar-refractivity contribution in [3.05, 3.63) is 133 Å². The van der Waals surface area contributed by atoms with Crippen molar-refractivity contribution in [2.75, 3.05) is 12.5 Å². The van der Waals surface area contributed by atoms with E-state index in [4.69, 9.17) is 14.4 Å². The molecule has 0 radical (unpaired) electrons. The van der Waals surface area contributed by atoms with Gasteiger partial charge in [0.2, 0.25) is 0 Å². The highest BCUT2D eigenvalue weighted by Crippen LogP contribution is 2.70. The lowest BCUT2D eigenvalue weighted by atomic mass is 9.99. The molecule has 8 aromatic rings. The molecule has 0 spiro atoms. The first-order valence-corrected chi connectivity index (χ1v) is 17.3. The van der Waals surface area contributed by atoms with E-state index in [9.17, 15) is 0 Å². The Kier molecular flexibility index (Phi) is 5.41. The van der Waals surface area contributed by atoms with Gasteiger partial charge >= 0.3 is 0 Å². The molecule has 3 heterocycles. The van der Waals surface area contributed by atoms with Crippen LogP contribution in [0, 0.1) is 0 Å². The average molecular weight is 585 g/mol. The second-order valence-electron chi connectivity index (χ2n) is 11.8. The van der Waals surface area contributed by atoms with E-state index in [1.54, 1.807) is 0 Å². The van der Waals surface area contributed by atoms with Crippen LogP contribution in [0.3, 0.4) is 0 Å². The van der Waals surface area contributed by atoms with Gasteiger partial charge in [0.15, 0.2) is 5.82 Å². The second kappa shape index (κ2) is 9.40. The molecular formula is C40H28N2OS. The molecule has 0 N–H and O–H groups in total. The van der Waals surface area contributed by atoms with Crippen LogP contribution in [0.25, 0.3) is 77.7 Å². The molecule has 0 aliphatic carbocycles. The molecule has 3 nitrogen and oxygen atoms in total. The van der Waals surface area contributed by atoms with Crippen molar-refractivity contribution in [2.24, 2.45) is 0 Å². The number of hydrogen-bond donors (Lipinski definition) is 0. The summed E-state index contributed by atoms with van der Waals surface area (Å²) < 4.78 is 6.39. The summed E-state index contributed by atoms with van der Waals surface area (Å²) in [6, 6.07) is 47.0. The Balaban J connectivity index is 1.28. The molecule has 0 saturated heterocycles. The fraction of sp³-hybridized carbons (Fsp3) is 0.0500. The predicted molar refractivity (Wildman–Crippen MR) is 185 cm³/mol. The van der Waals surface area contributed by atoms with Crippen molar-refractivity contribution < 1.29 is 4.42 Å². The molecule has 0 atom stereocenters. The summed E-state index contributed by atoms with van der Waals surface area (Å²) in [6.07, 6.45) is 4.79. The van der Waals surface area contributed by atoms with Gasteiger partial charge in [-0.15, -0.1) is 0 Å². The minimum atomic E-state index is -1.39. The molecule has 6 aromatic carbocycles. The molecule has 210 valence electrons. The molecule has 2 aromatic heterocycles. The number of benzene rings is 6. The lowest BCUT2D eigenvalue weighted by Gasteiger charge is -2.30. The molecule has 1 aliphatic heterocycles. The standard InChI is InChI=1S/C40H28N2OS/c1-44(2)38-30-17-7-6-12-25(30)22-23-33(38)36-39(44)35(26-13-4-3-5-14-26)41-40(42-36)28-16-10-15-27(24-28)29-19-11-20-32-31-18-8-9-21-34(31)43-37(29)32/h3-24H,1-2H3. The van der Waals surface area contributed by atoms with Crippen LogP contribution in [-0.2, 0) is 0 Å². The Morgan fingerprint density at radius 2 is 1.18 bits per heavy atom. The highest BCUT2D eigenvalue weighted by Gasteiger charge is 2.38. The Labute approximate surface area is 257 Å². The number of nitrogens with zero attached hydrogens (tertiary/aromatic N) is 2. The van der Waals surface area contributed by atoms with E-state index in [-0.39, 0.29) is 0 Å². The van der Waals surface area contributed by atoms with Crippen molar-refractivity contribution in [3.63, 3.8) is 0 Å². The third-order valence-electron chi connectivity index (χ3n) is 8.90. The van der Waals surface area contributed by atoms with Gasteiger partial charge in [-0.2, -0.15) is 10.0 Å². The third-order valence-corrected chi connectivity index (χ3v) is 11.8. The first-order valence-electron chi connectivity index (χ1n) is 14.8. The Morgan fingerprint density at radius 1 is 0.500 bits per heavy atom. The van der Waals surface area contributed by atoms with Gasteiger partial charge in [0.05, 0.1) is 11.4 Å². The minimum absolute atomic E-state index is 0.734. The Hall–Kier alpha value is -5.19. The van der Waals surface area contributed by atoms with Crippen LogP contribution in [0.2, 0.25) is 0 Å². The van der Waals surface area contributed by atoms with E-state index in [1.165, 1.54) is 26.1 Å². The van der Waals surface area contributed by atoms with Crippen LogP contribution in [0.5, 0.6) is 0 Å². The second-order valence-corrected chi connectivity index (χ2v) is 15.3. The molecule has 9 rings (SSSR count). The number of furan rings is 1. The fourth-order valence-electron chi connectivity index (χ4n) is 6.92. The summed E-state index contributed by atoms with van der Waals surface area (Å²) in [5, 5.41) is 4.83. The zero-order valence-corrected chi connectivity index (χ0v) is 25.2. The summed E-state index contributed by atoms with van der Waals surface area (Å²) in [4.78, 5) is 13.4. The lowest BCUT2D eigenvalue weighted by molar-refractivity contribution is 0.670. The summed E-state index contributed by atoms with van der Waals surface area (Å²) in [5.41, 5.74) is 9.35. The van der Waals surface area contributed by atoms with Crippen LogP contribution in [-0.4, -0.2) is 22.5 Å². The highest BCUT2D eigenvalue weighted by molar-refractivity contribution is 8.33. The number of fused-ring (bicyclic) bond motifs is 8. The molecule has 1 aliphatic rings. The van der Waals surface area contributed by atoms with Crippen LogP contribution in [0.4, 0.5) is 0 Å². The number of rotatable bonds is 3. The van der Waals surface area contributed by atoms with Gasteiger partial charge in [-0.3, -0.25) is 0 Å². The van der Waals surface area contributed by atoms with Gasteiger partial charge in [0, 0.05) is 42.8 Å². The van der Waals surface area contributed by atoms with Crippen LogP contribution < -0.4 is 0 Å². The third kappa shape index (κ3) is 3.64. The van der Waals surface area contributed by atoms with E-state index in [1.807, 2.05) is 12.1 Å².